The van der Waals surface area contributed by atoms with E-state index in [4.69, 9.17) is 5.73 Å². The summed E-state index contributed by atoms with van der Waals surface area (Å²) in [6.45, 7) is 2.23. The molecule has 2 bridgehead atoms. The summed E-state index contributed by atoms with van der Waals surface area (Å²) < 4.78 is 0. The lowest BCUT2D eigenvalue weighted by molar-refractivity contribution is 0.0686. The highest BCUT2D eigenvalue weighted by Gasteiger charge is 2.48. The van der Waals surface area contributed by atoms with Crippen LogP contribution in [0.1, 0.15) is 32.1 Å². The molecule has 3 atom stereocenters. The fourth-order valence-electron chi connectivity index (χ4n) is 3.85. The summed E-state index contributed by atoms with van der Waals surface area (Å²) in [5, 5.41) is 0. The molecule has 0 aromatic rings. The smallest absolute Gasteiger partial charge is 0.0425 e. The van der Waals surface area contributed by atoms with Gasteiger partial charge in [-0.1, -0.05) is 0 Å². The van der Waals surface area contributed by atoms with Crippen molar-refractivity contribution in [1.29, 1.82) is 0 Å². The van der Waals surface area contributed by atoms with Crippen molar-refractivity contribution in [3.05, 3.63) is 0 Å². The minimum atomic E-state index is 0.378. The third-order valence-electron chi connectivity index (χ3n) is 4.70. The maximum absolute atomic E-state index is 6.09. The normalized spacial score (nSPS) is 46.2. The van der Waals surface area contributed by atoms with Crippen molar-refractivity contribution in [1.82, 2.24) is 4.90 Å². The van der Waals surface area contributed by atoms with Gasteiger partial charge < -0.3 is 5.73 Å². The van der Waals surface area contributed by atoms with Gasteiger partial charge in [0, 0.05) is 30.4 Å². The zero-order valence-corrected chi connectivity index (χ0v) is 10.3. The number of piperidine rings is 1. The molecule has 86 valence electrons. The molecule has 3 heteroatoms. The van der Waals surface area contributed by atoms with E-state index in [-0.39, 0.29) is 0 Å². The zero-order chi connectivity index (χ0) is 10.3. The predicted molar refractivity (Wildman–Crippen MR) is 66.2 cm³/mol. The van der Waals surface area contributed by atoms with Gasteiger partial charge in [0.15, 0.2) is 0 Å². The van der Waals surface area contributed by atoms with Gasteiger partial charge in [-0.25, -0.2) is 0 Å². The molecule has 2 nitrogen and oxygen atoms in total. The van der Waals surface area contributed by atoms with Crippen molar-refractivity contribution < 1.29 is 0 Å². The number of rotatable bonds is 2. The molecular weight excluding hydrogens is 204 g/mol. The highest BCUT2D eigenvalue weighted by atomic mass is 32.2. The molecule has 1 saturated carbocycles. The van der Waals surface area contributed by atoms with Crippen LogP contribution in [0.3, 0.4) is 0 Å². The van der Waals surface area contributed by atoms with Crippen molar-refractivity contribution in [3.8, 4) is 0 Å². The second-order valence-corrected chi connectivity index (χ2v) is 6.68. The highest BCUT2D eigenvalue weighted by Crippen LogP contribution is 2.44. The molecule has 15 heavy (non-hydrogen) atoms. The minimum absolute atomic E-state index is 0.378. The monoisotopic (exact) mass is 226 g/mol. The van der Waals surface area contributed by atoms with Gasteiger partial charge in [-0.05, 0) is 43.8 Å². The van der Waals surface area contributed by atoms with Crippen LogP contribution >= 0.6 is 11.8 Å². The number of fused-ring (bicyclic) bond motifs is 2. The number of thioether (sulfide) groups is 1. The summed E-state index contributed by atoms with van der Waals surface area (Å²) in [5.41, 5.74) is 6.47. The lowest BCUT2D eigenvalue weighted by Gasteiger charge is -2.47. The molecule has 2 N–H and O–H groups in total. The first kappa shape index (κ1) is 10.4. The Bertz CT molecular complexity index is 238. The van der Waals surface area contributed by atoms with Gasteiger partial charge in [-0.3, -0.25) is 4.90 Å². The predicted octanol–water partition coefficient (Wildman–Crippen LogP) is 1.70. The molecule has 0 spiro atoms. The van der Waals surface area contributed by atoms with E-state index in [1.807, 2.05) is 0 Å². The van der Waals surface area contributed by atoms with E-state index >= 15 is 0 Å². The van der Waals surface area contributed by atoms with Crippen LogP contribution in [0.4, 0.5) is 0 Å². The SMILES string of the molecule is NCC1(N2CC3CCC2C3)CCCSC1. The second-order valence-electron chi connectivity index (χ2n) is 5.57. The summed E-state index contributed by atoms with van der Waals surface area (Å²) in [5.74, 6) is 3.64. The summed E-state index contributed by atoms with van der Waals surface area (Å²) in [6.07, 6.45) is 7.11. The first-order valence-corrected chi connectivity index (χ1v) is 7.54. The fraction of sp³-hybridized carbons (Fsp3) is 1.00. The minimum Gasteiger partial charge on any atom is -0.329 e. The van der Waals surface area contributed by atoms with E-state index < -0.39 is 0 Å². The fourth-order valence-corrected chi connectivity index (χ4v) is 5.15. The maximum atomic E-state index is 6.09. The molecule has 1 aliphatic carbocycles. The van der Waals surface area contributed by atoms with Crippen LogP contribution in [-0.2, 0) is 0 Å². The Kier molecular flexibility index (Phi) is 2.74. The molecule has 3 rings (SSSR count). The Hall–Kier alpha value is 0.270. The van der Waals surface area contributed by atoms with Crippen LogP contribution in [0.5, 0.6) is 0 Å². The Labute approximate surface area is 97.0 Å². The van der Waals surface area contributed by atoms with Gasteiger partial charge in [0.05, 0.1) is 0 Å². The topological polar surface area (TPSA) is 29.3 Å². The molecule has 0 aromatic heterocycles. The number of hydrogen-bond donors (Lipinski definition) is 1. The van der Waals surface area contributed by atoms with Crippen molar-refractivity contribution >= 4 is 11.8 Å². The van der Waals surface area contributed by atoms with E-state index in [1.54, 1.807) is 0 Å². The van der Waals surface area contributed by atoms with Gasteiger partial charge in [-0.15, -0.1) is 0 Å². The summed E-state index contributed by atoms with van der Waals surface area (Å²) in [7, 11) is 0. The molecule has 0 radical (unpaired) electrons. The van der Waals surface area contributed by atoms with Crippen LogP contribution < -0.4 is 5.73 Å². The molecule has 3 aliphatic rings. The number of nitrogens with zero attached hydrogens (tertiary/aromatic N) is 1. The standard InChI is InChI=1S/C12H22N2S/c13-8-12(4-1-5-15-9-12)14-7-10-2-3-11(14)6-10/h10-11H,1-9,13H2. The molecule has 0 amide bonds. The average Bonchev–Trinajstić information content (AvgIpc) is 2.92. The first-order chi connectivity index (χ1) is 7.34. The lowest BCUT2D eigenvalue weighted by Crippen LogP contribution is -2.59. The van der Waals surface area contributed by atoms with Crippen LogP contribution in [0.25, 0.3) is 0 Å². The molecule has 0 aromatic carbocycles. The number of likely N-dealkylation sites (tertiary alicyclic amines) is 1. The molecule has 3 unspecified atom stereocenters. The van der Waals surface area contributed by atoms with Crippen molar-refractivity contribution in [3.63, 3.8) is 0 Å². The van der Waals surface area contributed by atoms with E-state index in [2.05, 4.69) is 16.7 Å². The highest BCUT2D eigenvalue weighted by molar-refractivity contribution is 7.99. The molecule has 3 fully saturated rings. The van der Waals surface area contributed by atoms with Crippen LogP contribution in [0, 0.1) is 5.92 Å². The van der Waals surface area contributed by atoms with Gasteiger partial charge in [0.2, 0.25) is 0 Å². The summed E-state index contributed by atoms with van der Waals surface area (Å²) in [4.78, 5) is 2.80. The van der Waals surface area contributed by atoms with Gasteiger partial charge in [-0.2, -0.15) is 11.8 Å². The Balaban J connectivity index is 1.77. The van der Waals surface area contributed by atoms with Crippen molar-refractivity contribution in [2.24, 2.45) is 11.7 Å². The summed E-state index contributed by atoms with van der Waals surface area (Å²) >= 11 is 2.12. The average molecular weight is 226 g/mol. The zero-order valence-electron chi connectivity index (χ0n) is 9.45. The van der Waals surface area contributed by atoms with Crippen LogP contribution in [-0.4, -0.2) is 41.1 Å². The van der Waals surface area contributed by atoms with Crippen molar-refractivity contribution in [2.45, 2.75) is 43.7 Å². The largest absolute Gasteiger partial charge is 0.329 e. The van der Waals surface area contributed by atoms with E-state index in [0.717, 1.165) is 18.5 Å². The number of hydrogen-bond acceptors (Lipinski definition) is 3. The quantitative estimate of drug-likeness (QED) is 0.777. The van der Waals surface area contributed by atoms with E-state index in [9.17, 15) is 0 Å². The van der Waals surface area contributed by atoms with Crippen LogP contribution in [0.15, 0.2) is 0 Å². The van der Waals surface area contributed by atoms with Crippen LogP contribution in [0.2, 0.25) is 0 Å². The van der Waals surface area contributed by atoms with Gasteiger partial charge >= 0.3 is 0 Å². The Morgan fingerprint density at radius 2 is 2.33 bits per heavy atom. The van der Waals surface area contributed by atoms with Gasteiger partial charge in [0.25, 0.3) is 0 Å². The van der Waals surface area contributed by atoms with Gasteiger partial charge in [0.1, 0.15) is 0 Å². The first-order valence-electron chi connectivity index (χ1n) is 6.39. The third-order valence-corrected chi connectivity index (χ3v) is 6.02. The molecule has 2 saturated heterocycles. The van der Waals surface area contributed by atoms with Crippen molar-refractivity contribution in [2.75, 3.05) is 24.6 Å². The molecular formula is C12H22N2S. The molecule has 2 heterocycles. The molecule has 2 aliphatic heterocycles. The third kappa shape index (κ3) is 1.63. The van der Waals surface area contributed by atoms with E-state index in [0.29, 0.717) is 5.54 Å². The second kappa shape index (κ2) is 3.94. The maximum Gasteiger partial charge on any atom is 0.0425 e. The number of nitrogens with two attached hydrogens (primary N) is 1. The Morgan fingerprint density at radius 1 is 1.40 bits per heavy atom. The van der Waals surface area contributed by atoms with E-state index in [1.165, 1.54) is 50.2 Å². The summed E-state index contributed by atoms with van der Waals surface area (Å²) in [6, 6.07) is 0.886. The Morgan fingerprint density at radius 3 is 2.87 bits per heavy atom. The lowest BCUT2D eigenvalue weighted by atomic mass is 9.91.